The van der Waals surface area contributed by atoms with Crippen LogP contribution in [-0.4, -0.2) is 26.7 Å². The molecule has 0 saturated heterocycles. The third kappa shape index (κ3) is 3.43. The Morgan fingerprint density at radius 3 is 2.75 bits per heavy atom. The molecule has 0 saturated carbocycles. The van der Waals surface area contributed by atoms with Gasteiger partial charge in [0, 0.05) is 5.02 Å². The third-order valence-corrected chi connectivity index (χ3v) is 3.43. The van der Waals surface area contributed by atoms with E-state index in [4.69, 9.17) is 16.7 Å². The molecule has 90 valence electrons. The summed E-state index contributed by atoms with van der Waals surface area (Å²) in [6, 6.07) is 4.36. The van der Waals surface area contributed by atoms with Gasteiger partial charge in [-0.15, -0.1) is 0 Å². The molecule has 0 fully saturated rings. The highest BCUT2D eigenvalue weighted by Crippen LogP contribution is 2.19. The largest absolute Gasteiger partial charge is 0.394 e. The minimum Gasteiger partial charge on any atom is -0.394 e. The van der Waals surface area contributed by atoms with Crippen LogP contribution in [0.5, 0.6) is 0 Å². The average molecular weight is 266 g/mol. The Labute approximate surface area is 99.0 Å². The molecular formula is C9H12ClNO4S. The van der Waals surface area contributed by atoms with Gasteiger partial charge in [0.2, 0.25) is 0 Å². The number of aryl methyl sites for hydroxylation is 1. The Morgan fingerprint density at radius 1 is 1.50 bits per heavy atom. The summed E-state index contributed by atoms with van der Waals surface area (Å²) in [4.78, 5) is 6.43. The number of sulfonamides is 1. The molecule has 0 aliphatic heterocycles. The third-order valence-electron chi connectivity index (χ3n) is 1.82. The molecule has 1 rings (SSSR count). The summed E-state index contributed by atoms with van der Waals surface area (Å²) < 4.78 is 23.2. The Kier molecular flexibility index (Phi) is 4.69. The molecule has 0 aliphatic rings. The zero-order valence-electron chi connectivity index (χ0n) is 8.60. The number of benzene rings is 1. The molecular weight excluding hydrogens is 254 g/mol. The van der Waals surface area contributed by atoms with Gasteiger partial charge >= 0.3 is 0 Å². The lowest BCUT2D eigenvalue weighted by Gasteiger charge is -2.07. The fraction of sp³-hybridized carbons (Fsp3) is 0.333. The maximum atomic E-state index is 11.6. The number of hydrogen-bond donors (Lipinski definition) is 2. The van der Waals surface area contributed by atoms with E-state index >= 15 is 0 Å². The van der Waals surface area contributed by atoms with Crippen LogP contribution in [0.15, 0.2) is 23.1 Å². The standard InChI is InChI=1S/C9H12ClNO4S/c1-7-2-3-8(6-9(7)10)16(13,14)11-15-5-4-12/h2-3,6,11-12H,4-5H2,1H3. The van der Waals surface area contributed by atoms with Crippen molar-refractivity contribution in [2.24, 2.45) is 0 Å². The first-order valence-electron chi connectivity index (χ1n) is 4.48. The molecule has 16 heavy (non-hydrogen) atoms. The summed E-state index contributed by atoms with van der Waals surface area (Å²) in [5, 5.41) is 8.80. The van der Waals surface area contributed by atoms with Gasteiger partial charge < -0.3 is 5.11 Å². The molecule has 2 N–H and O–H groups in total. The normalized spacial score (nSPS) is 11.7. The van der Waals surface area contributed by atoms with E-state index in [-0.39, 0.29) is 18.1 Å². The molecule has 0 unspecified atom stereocenters. The summed E-state index contributed by atoms with van der Waals surface area (Å²) in [5.41, 5.74) is 0.789. The molecule has 1 aromatic carbocycles. The second kappa shape index (κ2) is 5.60. The summed E-state index contributed by atoms with van der Waals surface area (Å²) in [6.07, 6.45) is 0. The number of aliphatic hydroxyl groups is 1. The van der Waals surface area contributed by atoms with Crippen LogP contribution in [-0.2, 0) is 14.9 Å². The summed E-state index contributed by atoms with van der Waals surface area (Å²) in [7, 11) is -3.74. The van der Waals surface area contributed by atoms with E-state index in [1.54, 1.807) is 13.0 Å². The van der Waals surface area contributed by atoms with Gasteiger partial charge in [-0.3, -0.25) is 4.84 Å². The maximum Gasteiger partial charge on any atom is 0.262 e. The van der Waals surface area contributed by atoms with Crippen LogP contribution in [0.25, 0.3) is 0 Å². The Bertz CT molecular complexity index is 461. The number of rotatable bonds is 5. The van der Waals surface area contributed by atoms with E-state index in [2.05, 4.69) is 4.84 Å². The zero-order chi connectivity index (χ0) is 12.2. The van der Waals surface area contributed by atoms with E-state index < -0.39 is 10.0 Å². The highest BCUT2D eigenvalue weighted by Gasteiger charge is 2.14. The van der Waals surface area contributed by atoms with Gasteiger partial charge in [0.25, 0.3) is 10.0 Å². The topological polar surface area (TPSA) is 75.6 Å². The van der Waals surface area contributed by atoms with E-state index in [0.29, 0.717) is 5.02 Å². The van der Waals surface area contributed by atoms with E-state index in [9.17, 15) is 8.42 Å². The first-order chi connectivity index (χ1) is 7.47. The Hall–Kier alpha value is -0.660. The fourth-order valence-electron chi connectivity index (χ4n) is 0.954. The van der Waals surface area contributed by atoms with Gasteiger partial charge in [-0.2, -0.15) is 0 Å². The maximum absolute atomic E-state index is 11.6. The van der Waals surface area contributed by atoms with E-state index in [0.717, 1.165) is 5.56 Å². The minimum atomic E-state index is -3.74. The van der Waals surface area contributed by atoms with Gasteiger partial charge in [0.05, 0.1) is 18.1 Å². The van der Waals surface area contributed by atoms with Gasteiger partial charge in [0.15, 0.2) is 0 Å². The smallest absolute Gasteiger partial charge is 0.262 e. The van der Waals surface area contributed by atoms with E-state index in [1.807, 2.05) is 4.89 Å². The van der Waals surface area contributed by atoms with Gasteiger partial charge in [-0.05, 0) is 24.6 Å². The van der Waals surface area contributed by atoms with Crippen molar-refractivity contribution >= 4 is 21.6 Å². The second-order valence-electron chi connectivity index (χ2n) is 3.07. The van der Waals surface area contributed by atoms with Crippen LogP contribution < -0.4 is 4.89 Å². The Balaban J connectivity index is 2.86. The van der Waals surface area contributed by atoms with Crippen LogP contribution in [0.2, 0.25) is 5.02 Å². The molecule has 1 aromatic rings. The summed E-state index contributed by atoms with van der Waals surface area (Å²) >= 11 is 5.81. The quantitative estimate of drug-likeness (QED) is 0.611. The number of aliphatic hydroxyl groups excluding tert-OH is 1. The molecule has 0 amide bonds. The average Bonchev–Trinajstić information content (AvgIpc) is 2.22. The number of nitrogens with one attached hydrogen (secondary N) is 1. The van der Waals surface area contributed by atoms with Crippen LogP contribution in [0.4, 0.5) is 0 Å². The van der Waals surface area contributed by atoms with Crippen LogP contribution in [0.1, 0.15) is 5.56 Å². The number of hydrogen-bond acceptors (Lipinski definition) is 4. The molecule has 0 aromatic heterocycles. The number of halogens is 1. The van der Waals surface area contributed by atoms with Gasteiger partial charge in [0.1, 0.15) is 0 Å². The van der Waals surface area contributed by atoms with Crippen LogP contribution >= 0.6 is 11.6 Å². The molecule has 5 nitrogen and oxygen atoms in total. The lowest BCUT2D eigenvalue weighted by Crippen LogP contribution is -2.25. The molecule has 0 radical (unpaired) electrons. The van der Waals surface area contributed by atoms with Crippen LogP contribution in [0, 0.1) is 6.92 Å². The first-order valence-corrected chi connectivity index (χ1v) is 6.34. The SMILES string of the molecule is Cc1ccc(S(=O)(=O)NOCCO)cc1Cl. The van der Waals surface area contributed by atoms with Crippen LogP contribution in [0.3, 0.4) is 0 Å². The summed E-state index contributed by atoms with van der Waals surface area (Å²) in [5.74, 6) is 0. The monoisotopic (exact) mass is 265 g/mol. The first kappa shape index (κ1) is 13.4. The fourth-order valence-corrected chi connectivity index (χ4v) is 2.05. The molecule has 0 atom stereocenters. The molecule has 0 heterocycles. The molecule has 0 spiro atoms. The predicted molar refractivity (Wildman–Crippen MR) is 59.5 cm³/mol. The van der Waals surface area contributed by atoms with Crippen molar-refractivity contribution in [1.29, 1.82) is 0 Å². The van der Waals surface area contributed by atoms with Crippen molar-refractivity contribution in [3.8, 4) is 0 Å². The van der Waals surface area contributed by atoms with Crippen molar-refractivity contribution in [3.05, 3.63) is 28.8 Å². The zero-order valence-corrected chi connectivity index (χ0v) is 10.2. The molecule has 0 aliphatic carbocycles. The van der Waals surface area contributed by atoms with Crippen molar-refractivity contribution in [1.82, 2.24) is 4.89 Å². The summed E-state index contributed by atoms with van der Waals surface area (Å²) in [6.45, 7) is 1.39. The van der Waals surface area contributed by atoms with Crippen molar-refractivity contribution in [2.45, 2.75) is 11.8 Å². The van der Waals surface area contributed by atoms with Crippen molar-refractivity contribution in [2.75, 3.05) is 13.2 Å². The Morgan fingerprint density at radius 2 is 2.19 bits per heavy atom. The molecule has 0 bridgehead atoms. The molecule has 7 heteroatoms. The minimum absolute atomic E-state index is 0.0149. The van der Waals surface area contributed by atoms with E-state index in [1.165, 1.54) is 12.1 Å². The lowest BCUT2D eigenvalue weighted by atomic mass is 10.2. The van der Waals surface area contributed by atoms with Gasteiger partial charge in [-0.25, -0.2) is 8.42 Å². The van der Waals surface area contributed by atoms with Crippen molar-refractivity contribution in [3.63, 3.8) is 0 Å². The highest BCUT2D eigenvalue weighted by atomic mass is 35.5. The van der Waals surface area contributed by atoms with Gasteiger partial charge in [-0.1, -0.05) is 22.6 Å². The lowest BCUT2D eigenvalue weighted by molar-refractivity contribution is 0.0601. The predicted octanol–water partition coefficient (Wildman–Crippen LogP) is 0.851. The second-order valence-corrected chi connectivity index (χ2v) is 5.12. The highest BCUT2D eigenvalue weighted by molar-refractivity contribution is 7.89. The van der Waals surface area contributed by atoms with Crippen molar-refractivity contribution < 1.29 is 18.4 Å².